The summed E-state index contributed by atoms with van der Waals surface area (Å²) in [6.07, 6.45) is 27.6. The zero-order chi connectivity index (χ0) is 26.9. The van der Waals surface area contributed by atoms with Gasteiger partial charge in [0.05, 0.1) is 21.1 Å². The van der Waals surface area contributed by atoms with Crippen LogP contribution >= 0.6 is 12.4 Å². The topological polar surface area (TPSA) is 66.4 Å². The number of likely N-dealkylation sites (N-methyl/N-ethyl adjacent to an activating group) is 1. The first kappa shape index (κ1) is 38.3. The van der Waals surface area contributed by atoms with Gasteiger partial charge in [-0.25, -0.2) is 0 Å². The first-order valence-corrected chi connectivity index (χ1v) is 15.4. The number of carboxylic acids is 1. The highest BCUT2D eigenvalue weighted by Crippen LogP contribution is 2.15. The summed E-state index contributed by atoms with van der Waals surface area (Å²) in [6.45, 7) is 2.75. The van der Waals surface area contributed by atoms with E-state index in [0.717, 1.165) is 19.3 Å². The molecule has 0 saturated carbocycles. The third-order valence-corrected chi connectivity index (χ3v) is 6.93. The molecule has 5 nitrogen and oxygen atoms in total. The fourth-order valence-electron chi connectivity index (χ4n) is 4.89. The molecule has 1 atom stereocenters. The summed E-state index contributed by atoms with van der Waals surface area (Å²) in [5, 5.41) is 10.9. The number of esters is 1. The lowest BCUT2D eigenvalue weighted by molar-refractivity contribution is -0.873. The number of carbonyl (C=O) groups is 2. The molecule has 0 aromatic heterocycles. The van der Waals surface area contributed by atoms with E-state index in [1.807, 2.05) is 21.1 Å². The lowest BCUT2D eigenvalue weighted by Crippen LogP contribution is -2.45. The Morgan fingerprint density at radius 2 is 0.946 bits per heavy atom. The number of hydrogen-bond donors (Lipinski definition) is 0. The largest absolute Gasteiger partial charge is 0.550 e. The average molecular weight is 548 g/mol. The van der Waals surface area contributed by atoms with Crippen molar-refractivity contribution in [2.75, 3.05) is 27.7 Å². The van der Waals surface area contributed by atoms with Crippen molar-refractivity contribution in [1.82, 2.24) is 0 Å². The monoisotopic (exact) mass is 547 g/mol. The predicted octanol–water partition coefficient (Wildman–Crippen LogP) is 7.77. The number of carbonyl (C=O) groups excluding carboxylic acids is 2. The fraction of sp³-hybridized carbons (Fsp3) is 0.935. The minimum Gasteiger partial charge on any atom is -0.550 e. The molecule has 0 fully saturated rings. The Labute approximate surface area is 236 Å². The van der Waals surface area contributed by atoms with Crippen molar-refractivity contribution in [2.24, 2.45) is 0 Å². The van der Waals surface area contributed by atoms with Gasteiger partial charge in [0.25, 0.3) is 0 Å². The lowest BCUT2D eigenvalue weighted by Gasteiger charge is -2.29. The van der Waals surface area contributed by atoms with Crippen molar-refractivity contribution in [3.8, 4) is 0 Å². The van der Waals surface area contributed by atoms with Gasteiger partial charge in [0.1, 0.15) is 6.54 Å². The van der Waals surface area contributed by atoms with E-state index in [4.69, 9.17) is 4.74 Å². The highest BCUT2D eigenvalue weighted by Gasteiger charge is 2.22. The number of unbranched alkanes of at least 4 members (excludes halogenated alkanes) is 20. The molecule has 0 aliphatic carbocycles. The van der Waals surface area contributed by atoms with Crippen molar-refractivity contribution >= 4 is 24.3 Å². The second-order valence-electron chi connectivity index (χ2n) is 12.0. The van der Waals surface area contributed by atoms with Gasteiger partial charge in [-0.15, -0.1) is 12.4 Å². The van der Waals surface area contributed by atoms with Crippen molar-refractivity contribution in [3.05, 3.63) is 0 Å². The van der Waals surface area contributed by atoms with Crippen LogP contribution in [0.4, 0.5) is 0 Å². The molecule has 0 saturated heterocycles. The molecule has 0 aliphatic rings. The van der Waals surface area contributed by atoms with Gasteiger partial charge in [0.15, 0.2) is 6.10 Å². The van der Waals surface area contributed by atoms with E-state index in [2.05, 4.69) is 6.92 Å². The summed E-state index contributed by atoms with van der Waals surface area (Å²) in [6, 6.07) is 0. The van der Waals surface area contributed by atoms with Crippen LogP contribution in [-0.2, 0) is 14.3 Å². The van der Waals surface area contributed by atoms with E-state index < -0.39 is 12.1 Å². The predicted molar refractivity (Wildman–Crippen MR) is 157 cm³/mol. The number of ether oxygens (including phenoxy) is 1. The third-order valence-electron chi connectivity index (χ3n) is 6.93. The van der Waals surface area contributed by atoms with Gasteiger partial charge >= 0.3 is 5.97 Å². The van der Waals surface area contributed by atoms with E-state index in [1.165, 1.54) is 116 Å². The summed E-state index contributed by atoms with van der Waals surface area (Å²) in [7, 11) is 5.86. The molecule has 0 spiro atoms. The van der Waals surface area contributed by atoms with Crippen molar-refractivity contribution in [3.63, 3.8) is 0 Å². The molecule has 222 valence electrons. The average Bonchev–Trinajstić information content (AvgIpc) is 2.78. The van der Waals surface area contributed by atoms with Crippen molar-refractivity contribution in [1.29, 1.82) is 0 Å². The van der Waals surface area contributed by atoms with Crippen molar-refractivity contribution < 1.29 is 23.9 Å². The van der Waals surface area contributed by atoms with Crippen LogP contribution in [0.5, 0.6) is 0 Å². The summed E-state index contributed by atoms with van der Waals surface area (Å²) < 4.78 is 5.95. The zero-order valence-corrected chi connectivity index (χ0v) is 25.9. The molecule has 0 unspecified atom stereocenters. The zero-order valence-electron chi connectivity index (χ0n) is 25.0. The number of rotatable bonds is 27. The molecule has 0 radical (unpaired) electrons. The molecule has 0 rings (SSSR count). The number of halogens is 1. The smallest absolute Gasteiger partial charge is 0.306 e. The molecule has 6 heteroatoms. The quantitative estimate of drug-likeness (QED) is 0.0598. The van der Waals surface area contributed by atoms with E-state index in [1.54, 1.807) is 0 Å². The Bertz CT molecular complexity index is 522. The SMILES string of the molecule is CCCCCCCCCCCCCCCCCCCCCCCC(=O)O[C@H](CC(=O)[O-])C[N+](C)(C)C.Cl. The van der Waals surface area contributed by atoms with Crippen LogP contribution in [0.25, 0.3) is 0 Å². The molecule has 0 aromatic rings. The Kier molecular flexibility index (Phi) is 27.8. The maximum absolute atomic E-state index is 12.1. The van der Waals surface area contributed by atoms with Gasteiger partial charge in [0.2, 0.25) is 0 Å². The van der Waals surface area contributed by atoms with Crippen LogP contribution in [0, 0.1) is 0 Å². The Hall–Kier alpha value is -0.810. The highest BCUT2D eigenvalue weighted by molar-refractivity contribution is 5.85. The van der Waals surface area contributed by atoms with Gasteiger partial charge in [-0.05, 0) is 6.42 Å². The maximum Gasteiger partial charge on any atom is 0.306 e. The molecular weight excluding hydrogens is 486 g/mol. The minimum atomic E-state index is -1.17. The molecular formula is C31H62ClNO4. The maximum atomic E-state index is 12.1. The molecule has 0 aromatic carbocycles. The summed E-state index contributed by atoms with van der Waals surface area (Å²) in [5.74, 6) is -1.46. The van der Waals surface area contributed by atoms with Crippen molar-refractivity contribution in [2.45, 2.75) is 161 Å². The third kappa shape index (κ3) is 31.3. The summed E-state index contributed by atoms with van der Waals surface area (Å²) in [4.78, 5) is 23.0. The Morgan fingerprint density at radius 3 is 1.24 bits per heavy atom. The fourth-order valence-corrected chi connectivity index (χ4v) is 4.89. The van der Waals surface area contributed by atoms with E-state index >= 15 is 0 Å². The van der Waals surface area contributed by atoms with E-state index in [-0.39, 0.29) is 24.8 Å². The summed E-state index contributed by atoms with van der Waals surface area (Å²) in [5.41, 5.74) is 0. The number of hydrogen-bond acceptors (Lipinski definition) is 4. The second-order valence-corrected chi connectivity index (χ2v) is 12.0. The van der Waals surface area contributed by atoms with Crippen LogP contribution in [0.1, 0.15) is 155 Å². The Balaban J connectivity index is 0. The molecule has 0 bridgehead atoms. The first-order valence-electron chi connectivity index (χ1n) is 15.4. The molecule has 0 aliphatic heterocycles. The van der Waals surface area contributed by atoms with E-state index in [0.29, 0.717) is 17.4 Å². The second kappa shape index (κ2) is 26.8. The number of quaternary nitrogens is 1. The number of aliphatic carboxylic acids is 1. The van der Waals surface area contributed by atoms with Gasteiger partial charge < -0.3 is 19.1 Å². The van der Waals surface area contributed by atoms with Crippen LogP contribution in [0.3, 0.4) is 0 Å². The molecule has 37 heavy (non-hydrogen) atoms. The van der Waals surface area contributed by atoms with Crippen LogP contribution in [0.15, 0.2) is 0 Å². The van der Waals surface area contributed by atoms with Gasteiger partial charge in [-0.3, -0.25) is 4.79 Å². The highest BCUT2D eigenvalue weighted by atomic mass is 35.5. The van der Waals surface area contributed by atoms with Crippen LogP contribution in [0.2, 0.25) is 0 Å². The summed E-state index contributed by atoms with van der Waals surface area (Å²) >= 11 is 0. The van der Waals surface area contributed by atoms with E-state index in [9.17, 15) is 14.7 Å². The van der Waals surface area contributed by atoms with Gasteiger partial charge in [0, 0.05) is 18.8 Å². The normalized spacial score (nSPS) is 12.2. The standard InChI is InChI=1S/C31H61NO4.ClH/c1-5-6-7-8-9-10-11-12-13-14-15-16-17-18-19-20-21-22-23-24-25-26-31(35)36-29(27-30(33)34)28-32(2,3)4;/h29H,5-28H2,1-4H3;1H/t29-;/m1./s1. The first-order chi connectivity index (χ1) is 17.2. The minimum absolute atomic E-state index is 0. The molecule has 0 heterocycles. The molecule has 0 amide bonds. The Morgan fingerprint density at radius 1 is 0.622 bits per heavy atom. The van der Waals surface area contributed by atoms with Gasteiger partial charge in [-0.1, -0.05) is 135 Å². The van der Waals surface area contributed by atoms with Crippen LogP contribution < -0.4 is 5.11 Å². The number of nitrogens with zero attached hydrogens (tertiary/aromatic N) is 1. The van der Waals surface area contributed by atoms with Gasteiger partial charge in [-0.2, -0.15) is 0 Å². The lowest BCUT2D eigenvalue weighted by atomic mass is 10.0. The molecule has 0 N–H and O–H groups in total. The van der Waals surface area contributed by atoms with Crippen LogP contribution in [-0.4, -0.2) is 50.2 Å². The number of carboxylic acid groups (broad SMARTS) is 1.